The molecule has 0 aromatic carbocycles. The van der Waals surface area contributed by atoms with Crippen molar-refractivity contribution >= 4 is 34.3 Å². The number of halogens is 1. The summed E-state index contributed by atoms with van der Waals surface area (Å²) in [6.07, 6.45) is 1.78. The van der Waals surface area contributed by atoms with E-state index in [0.717, 1.165) is 4.88 Å². The van der Waals surface area contributed by atoms with Gasteiger partial charge in [0.15, 0.2) is 0 Å². The van der Waals surface area contributed by atoms with Crippen molar-refractivity contribution in [1.82, 2.24) is 0 Å². The zero-order valence-corrected chi connectivity index (χ0v) is 7.58. The van der Waals surface area contributed by atoms with Crippen LogP contribution in [0.3, 0.4) is 0 Å². The summed E-state index contributed by atoms with van der Waals surface area (Å²) in [5.74, 6) is 0. The molecule has 0 spiro atoms. The minimum Gasteiger partial charge on any atom is -0.276 e. The smallest absolute Gasteiger partial charge is 0.248 e. The van der Waals surface area contributed by atoms with Crippen molar-refractivity contribution in [3.63, 3.8) is 0 Å². The molecule has 0 radical (unpaired) electrons. The minimum atomic E-state index is -0.390. The van der Waals surface area contributed by atoms with E-state index in [4.69, 9.17) is 11.6 Å². The largest absolute Gasteiger partial charge is 0.276 e. The highest BCUT2D eigenvalue weighted by atomic mass is 35.5. The third kappa shape index (κ3) is 2.48. The summed E-state index contributed by atoms with van der Waals surface area (Å²) in [5, 5.41) is 1.57. The summed E-state index contributed by atoms with van der Waals surface area (Å²) < 4.78 is 0. The normalized spacial score (nSPS) is 11.6. The number of allylic oxidation sites excluding steroid dienone is 1. The van der Waals surface area contributed by atoms with E-state index < -0.39 is 5.24 Å². The zero-order valence-electron chi connectivity index (χ0n) is 6.00. The summed E-state index contributed by atoms with van der Waals surface area (Å²) in [6, 6.07) is 3.87. The molecule has 0 unspecified atom stereocenters. The van der Waals surface area contributed by atoms with Crippen molar-refractivity contribution in [3.8, 4) is 0 Å². The summed E-state index contributed by atoms with van der Waals surface area (Å²) in [5.41, 5.74) is 0.578. The Hall–Kier alpha value is -0.600. The second-order valence-corrected chi connectivity index (χ2v) is 3.44. The molecule has 0 N–H and O–H groups in total. The quantitative estimate of drug-likeness (QED) is 0.513. The highest BCUT2D eigenvalue weighted by Gasteiger charge is 1.98. The van der Waals surface area contributed by atoms with Gasteiger partial charge in [-0.25, -0.2) is 0 Å². The number of thiophene rings is 1. The van der Waals surface area contributed by atoms with Crippen LogP contribution in [0, 0.1) is 0 Å². The van der Waals surface area contributed by atoms with Crippen LogP contribution in [0.2, 0.25) is 0 Å². The molecule has 1 aromatic heterocycles. The molecule has 1 nitrogen and oxygen atoms in total. The van der Waals surface area contributed by atoms with Gasteiger partial charge < -0.3 is 0 Å². The van der Waals surface area contributed by atoms with Gasteiger partial charge >= 0.3 is 0 Å². The van der Waals surface area contributed by atoms with Crippen LogP contribution < -0.4 is 0 Å². The van der Waals surface area contributed by atoms with Crippen LogP contribution in [0.15, 0.2) is 23.1 Å². The Labute approximate surface area is 74.3 Å². The van der Waals surface area contributed by atoms with Gasteiger partial charge in [0.05, 0.1) is 0 Å². The van der Waals surface area contributed by atoms with Gasteiger partial charge in [0.2, 0.25) is 5.24 Å². The minimum absolute atomic E-state index is 0.390. The summed E-state index contributed by atoms with van der Waals surface area (Å²) >= 11 is 6.82. The number of hydrogen-bond acceptors (Lipinski definition) is 2. The fourth-order valence-electron chi connectivity index (χ4n) is 0.644. The molecule has 0 aliphatic heterocycles. The number of carbonyl (C=O) groups is 1. The van der Waals surface area contributed by atoms with Gasteiger partial charge in [-0.3, -0.25) is 4.79 Å². The average Bonchev–Trinajstić information content (AvgIpc) is 2.39. The van der Waals surface area contributed by atoms with E-state index in [0.29, 0.717) is 5.57 Å². The molecule has 1 heterocycles. The first-order valence-electron chi connectivity index (χ1n) is 3.12. The Bertz CT molecular complexity index is 274. The van der Waals surface area contributed by atoms with Gasteiger partial charge in [-0.05, 0) is 36.0 Å². The number of carbonyl (C=O) groups excluding carboxylic acids is 1. The van der Waals surface area contributed by atoms with Gasteiger partial charge in [-0.1, -0.05) is 6.07 Å². The fourth-order valence-corrected chi connectivity index (χ4v) is 1.41. The summed E-state index contributed by atoms with van der Waals surface area (Å²) in [6.45, 7) is 1.70. The molecule has 0 aliphatic carbocycles. The van der Waals surface area contributed by atoms with E-state index >= 15 is 0 Å². The lowest BCUT2D eigenvalue weighted by Gasteiger charge is -1.88. The molecule has 1 rings (SSSR count). The maximum Gasteiger partial charge on any atom is 0.248 e. The standard InChI is InChI=1S/C8H7ClOS/c1-6(8(9)10)5-7-3-2-4-11-7/h2-5H,1H3/b6-5+. The van der Waals surface area contributed by atoms with Gasteiger partial charge in [0, 0.05) is 10.5 Å². The maximum atomic E-state index is 10.6. The lowest BCUT2D eigenvalue weighted by molar-refractivity contribution is -0.108. The molecule has 0 fully saturated rings. The molecule has 0 saturated carbocycles. The topological polar surface area (TPSA) is 17.1 Å². The number of hydrogen-bond donors (Lipinski definition) is 0. The Morgan fingerprint density at radius 1 is 1.73 bits per heavy atom. The van der Waals surface area contributed by atoms with Crippen LogP contribution in [0.4, 0.5) is 0 Å². The Balaban J connectivity index is 2.82. The van der Waals surface area contributed by atoms with Crippen molar-refractivity contribution < 1.29 is 4.79 Å². The van der Waals surface area contributed by atoms with Crippen LogP contribution in [-0.2, 0) is 4.79 Å². The molecule has 0 amide bonds. The Kier molecular flexibility index (Phi) is 2.85. The second-order valence-electron chi connectivity index (χ2n) is 2.12. The van der Waals surface area contributed by atoms with E-state index in [9.17, 15) is 4.79 Å². The van der Waals surface area contributed by atoms with E-state index in [1.54, 1.807) is 24.3 Å². The third-order valence-corrected chi connectivity index (χ3v) is 2.33. The first kappa shape index (κ1) is 8.50. The van der Waals surface area contributed by atoms with Crippen LogP contribution in [-0.4, -0.2) is 5.24 Å². The SMILES string of the molecule is C/C(=C\c1cccs1)C(=O)Cl. The van der Waals surface area contributed by atoms with E-state index in [-0.39, 0.29) is 0 Å². The first-order valence-corrected chi connectivity index (χ1v) is 4.37. The van der Waals surface area contributed by atoms with Gasteiger partial charge in [-0.15, -0.1) is 11.3 Å². The van der Waals surface area contributed by atoms with Crippen molar-refractivity contribution in [3.05, 3.63) is 28.0 Å². The van der Waals surface area contributed by atoms with E-state index in [1.807, 2.05) is 17.5 Å². The highest BCUT2D eigenvalue weighted by Crippen LogP contribution is 2.13. The third-order valence-electron chi connectivity index (χ3n) is 1.21. The molecule has 58 valence electrons. The van der Waals surface area contributed by atoms with Crippen molar-refractivity contribution in [1.29, 1.82) is 0 Å². The summed E-state index contributed by atoms with van der Waals surface area (Å²) in [4.78, 5) is 11.6. The number of rotatable bonds is 2. The van der Waals surface area contributed by atoms with Crippen molar-refractivity contribution in [2.24, 2.45) is 0 Å². The molecule has 0 atom stereocenters. The molecular formula is C8H7ClOS. The lowest BCUT2D eigenvalue weighted by Crippen LogP contribution is -1.85. The molecule has 3 heteroatoms. The van der Waals surface area contributed by atoms with Gasteiger partial charge in [0.25, 0.3) is 0 Å². The average molecular weight is 187 g/mol. The van der Waals surface area contributed by atoms with Crippen LogP contribution in [0.1, 0.15) is 11.8 Å². The Morgan fingerprint density at radius 3 is 2.91 bits per heavy atom. The first-order chi connectivity index (χ1) is 5.20. The van der Waals surface area contributed by atoms with Crippen LogP contribution in [0.25, 0.3) is 6.08 Å². The van der Waals surface area contributed by atoms with Crippen molar-refractivity contribution in [2.45, 2.75) is 6.92 Å². The molecule has 11 heavy (non-hydrogen) atoms. The van der Waals surface area contributed by atoms with Gasteiger partial charge in [-0.2, -0.15) is 0 Å². The Morgan fingerprint density at radius 2 is 2.45 bits per heavy atom. The van der Waals surface area contributed by atoms with Crippen LogP contribution in [0.5, 0.6) is 0 Å². The summed E-state index contributed by atoms with van der Waals surface area (Å²) in [7, 11) is 0. The predicted molar refractivity (Wildman–Crippen MR) is 48.8 cm³/mol. The second kappa shape index (κ2) is 3.69. The molecule has 1 aromatic rings. The van der Waals surface area contributed by atoms with E-state index in [1.165, 1.54) is 0 Å². The highest BCUT2D eigenvalue weighted by molar-refractivity contribution is 7.10. The maximum absolute atomic E-state index is 10.6. The molecule has 0 saturated heterocycles. The molecule has 0 bridgehead atoms. The monoisotopic (exact) mass is 186 g/mol. The predicted octanol–water partition coefficient (Wildman–Crippen LogP) is 2.92. The van der Waals surface area contributed by atoms with Gasteiger partial charge in [0.1, 0.15) is 0 Å². The van der Waals surface area contributed by atoms with Crippen LogP contribution >= 0.6 is 22.9 Å². The van der Waals surface area contributed by atoms with Crippen molar-refractivity contribution in [2.75, 3.05) is 0 Å². The zero-order chi connectivity index (χ0) is 8.27. The molecular weight excluding hydrogens is 180 g/mol. The fraction of sp³-hybridized carbons (Fsp3) is 0.125. The molecule has 0 aliphatic rings. The van der Waals surface area contributed by atoms with E-state index in [2.05, 4.69) is 0 Å². The lowest BCUT2D eigenvalue weighted by atomic mass is 10.3.